The maximum absolute atomic E-state index is 13.5. The van der Waals surface area contributed by atoms with Crippen LogP contribution in [0.25, 0.3) is 0 Å². The molecule has 0 spiro atoms. The van der Waals surface area contributed by atoms with Gasteiger partial charge in [0.1, 0.15) is 10.7 Å². The van der Waals surface area contributed by atoms with E-state index in [2.05, 4.69) is 26.2 Å². The van der Waals surface area contributed by atoms with E-state index in [1.165, 1.54) is 24.4 Å². The molecule has 1 heterocycles. The Morgan fingerprint density at radius 2 is 2.16 bits per heavy atom. The maximum atomic E-state index is 13.5. The number of nitrogens with zero attached hydrogens (tertiary/aromatic N) is 1. The second-order valence-electron chi connectivity index (χ2n) is 3.47. The molecule has 3 N–H and O–H groups in total. The van der Waals surface area contributed by atoms with E-state index in [1.54, 1.807) is 0 Å². The molecule has 2 rings (SSSR count). The third-order valence-electron chi connectivity index (χ3n) is 2.14. The van der Waals surface area contributed by atoms with Crippen LogP contribution in [-0.4, -0.2) is 16.8 Å². The number of amides is 2. The summed E-state index contributed by atoms with van der Waals surface area (Å²) in [5.41, 5.74) is 4.95. The van der Waals surface area contributed by atoms with Gasteiger partial charge in [0.2, 0.25) is 0 Å². The molecule has 1 aromatic heterocycles. The molecule has 5 nitrogen and oxygen atoms in total. The Bertz CT molecular complexity index is 659. The Morgan fingerprint density at radius 3 is 2.79 bits per heavy atom. The zero-order chi connectivity index (χ0) is 14.0. The van der Waals surface area contributed by atoms with E-state index in [-0.39, 0.29) is 15.6 Å². The fraction of sp³-hybridized carbons (Fsp3) is 0. The van der Waals surface area contributed by atoms with Gasteiger partial charge < -0.3 is 5.73 Å². The molecule has 0 atom stereocenters. The van der Waals surface area contributed by atoms with Crippen molar-refractivity contribution in [1.82, 2.24) is 4.98 Å². The molecule has 0 unspecified atom stereocenters. The van der Waals surface area contributed by atoms with Gasteiger partial charge in [-0.2, -0.15) is 0 Å². The molecule has 0 fully saturated rings. The van der Waals surface area contributed by atoms with Crippen LogP contribution in [0.4, 0.5) is 9.52 Å². The second-order valence-corrected chi connectivity index (χ2v) is 5.42. The topological polar surface area (TPSA) is 85.1 Å². The summed E-state index contributed by atoms with van der Waals surface area (Å²) in [6.07, 6.45) is 1.25. The summed E-state index contributed by atoms with van der Waals surface area (Å²) >= 11 is 4.07. The maximum Gasteiger partial charge on any atom is 0.260 e. The average molecular weight is 344 g/mol. The molecule has 0 radical (unpaired) electrons. The summed E-state index contributed by atoms with van der Waals surface area (Å²) in [6, 6.07) is 4.02. The van der Waals surface area contributed by atoms with Gasteiger partial charge in [-0.25, -0.2) is 9.37 Å². The summed E-state index contributed by atoms with van der Waals surface area (Å²) < 4.78 is 14.1. The van der Waals surface area contributed by atoms with Crippen LogP contribution < -0.4 is 11.1 Å². The first kappa shape index (κ1) is 13.6. The quantitative estimate of drug-likeness (QED) is 0.897. The lowest BCUT2D eigenvalue weighted by atomic mass is 10.2. The summed E-state index contributed by atoms with van der Waals surface area (Å²) in [6.45, 7) is 0. The van der Waals surface area contributed by atoms with E-state index in [0.29, 0.717) is 4.47 Å². The van der Waals surface area contributed by atoms with Gasteiger partial charge in [-0.1, -0.05) is 27.3 Å². The van der Waals surface area contributed by atoms with Crippen LogP contribution >= 0.6 is 27.3 Å². The number of hydrogen-bond donors (Lipinski definition) is 2. The van der Waals surface area contributed by atoms with E-state index in [4.69, 9.17) is 5.73 Å². The first-order valence-electron chi connectivity index (χ1n) is 4.99. The van der Waals surface area contributed by atoms with Gasteiger partial charge >= 0.3 is 0 Å². The van der Waals surface area contributed by atoms with Crippen LogP contribution in [0.5, 0.6) is 0 Å². The molecule has 0 aliphatic rings. The summed E-state index contributed by atoms with van der Waals surface area (Å²) in [4.78, 5) is 26.7. The highest BCUT2D eigenvalue weighted by Crippen LogP contribution is 2.20. The SMILES string of the molecule is NC(=O)c1cnc(NC(=O)c2cc(Br)ccc2F)s1. The lowest BCUT2D eigenvalue weighted by Gasteiger charge is -2.03. The number of anilines is 1. The number of aromatic nitrogens is 1. The van der Waals surface area contributed by atoms with Gasteiger partial charge in [0.15, 0.2) is 5.13 Å². The number of benzene rings is 1. The van der Waals surface area contributed by atoms with Gasteiger partial charge in [0.05, 0.1) is 11.8 Å². The van der Waals surface area contributed by atoms with Crippen molar-refractivity contribution < 1.29 is 14.0 Å². The summed E-state index contributed by atoms with van der Waals surface area (Å²) in [5.74, 6) is -1.93. The lowest BCUT2D eigenvalue weighted by molar-refractivity contribution is 0.1000. The number of primary amides is 1. The fourth-order valence-electron chi connectivity index (χ4n) is 1.28. The van der Waals surface area contributed by atoms with Crippen molar-refractivity contribution in [3.63, 3.8) is 0 Å². The number of carbonyl (C=O) groups is 2. The van der Waals surface area contributed by atoms with Gasteiger partial charge in [-0.05, 0) is 18.2 Å². The van der Waals surface area contributed by atoms with E-state index in [1.807, 2.05) is 0 Å². The molecule has 2 aromatic rings. The number of thiazole rings is 1. The Morgan fingerprint density at radius 1 is 1.42 bits per heavy atom. The predicted molar refractivity (Wildman–Crippen MR) is 72.7 cm³/mol. The van der Waals surface area contributed by atoms with Crippen LogP contribution in [0.1, 0.15) is 20.0 Å². The van der Waals surface area contributed by atoms with Crippen LogP contribution in [0.2, 0.25) is 0 Å². The zero-order valence-corrected chi connectivity index (χ0v) is 11.7. The van der Waals surface area contributed by atoms with E-state index >= 15 is 0 Å². The van der Waals surface area contributed by atoms with Crippen molar-refractivity contribution in [2.75, 3.05) is 5.32 Å². The molecule has 98 valence electrons. The first-order valence-corrected chi connectivity index (χ1v) is 6.60. The minimum Gasteiger partial charge on any atom is -0.365 e. The molecule has 2 amide bonds. The summed E-state index contributed by atoms with van der Waals surface area (Å²) in [7, 11) is 0. The monoisotopic (exact) mass is 343 g/mol. The van der Waals surface area contributed by atoms with Crippen LogP contribution in [0.3, 0.4) is 0 Å². The van der Waals surface area contributed by atoms with Gasteiger partial charge in [-0.3, -0.25) is 14.9 Å². The minimum atomic E-state index is -0.649. The number of hydrogen-bond acceptors (Lipinski definition) is 4. The molecule has 0 saturated heterocycles. The van der Waals surface area contributed by atoms with Crippen molar-refractivity contribution in [3.8, 4) is 0 Å². The van der Waals surface area contributed by atoms with Crippen molar-refractivity contribution in [2.24, 2.45) is 5.73 Å². The Balaban J connectivity index is 2.20. The highest BCUT2D eigenvalue weighted by atomic mass is 79.9. The molecule has 8 heteroatoms. The Labute approximate surface area is 119 Å². The second kappa shape index (κ2) is 5.45. The normalized spacial score (nSPS) is 10.2. The molecule has 0 aliphatic heterocycles. The number of nitrogens with two attached hydrogens (primary N) is 1. The van der Waals surface area contributed by atoms with Crippen molar-refractivity contribution in [2.45, 2.75) is 0 Å². The predicted octanol–water partition coefficient (Wildman–Crippen LogP) is 2.40. The van der Waals surface area contributed by atoms with Crippen molar-refractivity contribution >= 4 is 44.2 Å². The van der Waals surface area contributed by atoms with Gasteiger partial charge in [0, 0.05) is 4.47 Å². The first-order chi connectivity index (χ1) is 8.97. The third kappa shape index (κ3) is 3.15. The smallest absolute Gasteiger partial charge is 0.260 e. The highest BCUT2D eigenvalue weighted by Gasteiger charge is 2.15. The minimum absolute atomic E-state index is 0.120. The highest BCUT2D eigenvalue weighted by molar-refractivity contribution is 9.10. The number of rotatable bonds is 3. The standard InChI is InChI=1S/C11H7BrFN3O2S/c12-5-1-2-7(13)6(3-5)10(18)16-11-15-4-8(19-11)9(14)17/h1-4H,(H2,14,17)(H,15,16,18). The fourth-order valence-corrected chi connectivity index (χ4v) is 2.31. The number of nitrogens with one attached hydrogen (secondary N) is 1. The van der Waals surface area contributed by atoms with Crippen molar-refractivity contribution in [3.05, 3.63) is 45.1 Å². The van der Waals surface area contributed by atoms with E-state index < -0.39 is 17.6 Å². The average Bonchev–Trinajstić information content (AvgIpc) is 2.80. The molecule has 19 heavy (non-hydrogen) atoms. The van der Waals surface area contributed by atoms with Gasteiger partial charge in [-0.15, -0.1) is 0 Å². The molecular formula is C11H7BrFN3O2S. The Kier molecular flexibility index (Phi) is 3.91. The largest absolute Gasteiger partial charge is 0.365 e. The third-order valence-corrected chi connectivity index (χ3v) is 3.56. The van der Waals surface area contributed by atoms with Crippen molar-refractivity contribution in [1.29, 1.82) is 0 Å². The Hall–Kier alpha value is -1.80. The van der Waals surface area contributed by atoms with Crippen LogP contribution in [0, 0.1) is 5.82 Å². The van der Waals surface area contributed by atoms with E-state index in [9.17, 15) is 14.0 Å². The zero-order valence-electron chi connectivity index (χ0n) is 9.31. The molecule has 1 aromatic carbocycles. The lowest BCUT2D eigenvalue weighted by Crippen LogP contribution is -2.13. The molecular weight excluding hydrogens is 337 g/mol. The summed E-state index contributed by atoms with van der Waals surface area (Å²) in [5, 5.41) is 2.58. The van der Waals surface area contributed by atoms with E-state index in [0.717, 1.165) is 11.3 Å². The molecule has 0 aliphatic carbocycles. The van der Waals surface area contributed by atoms with Crippen LogP contribution in [-0.2, 0) is 0 Å². The van der Waals surface area contributed by atoms with Crippen LogP contribution in [0.15, 0.2) is 28.9 Å². The van der Waals surface area contributed by atoms with Gasteiger partial charge in [0.25, 0.3) is 11.8 Å². The number of halogens is 2. The number of carbonyl (C=O) groups excluding carboxylic acids is 2. The molecule has 0 bridgehead atoms. The molecule has 0 saturated carbocycles.